The molecule has 0 radical (unpaired) electrons. The maximum atomic E-state index is 12.3. The minimum Gasteiger partial charge on any atom is -0.306 e. The highest BCUT2D eigenvalue weighted by molar-refractivity contribution is 6.17. The summed E-state index contributed by atoms with van der Waals surface area (Å²) < 4.78 is 0. The number of nitrogens with one attached hydrogen (secondary N) is 1. The fourth-order valence-corrected chi connectivity index (χ4v) is 2.26. The van der Waals surface area contributed by atoms with Crippen LogP contribution in [0.1, 0.15) is 11.1 Å². The minimum absolute atomic E-state index is 0.390. The van der Waals surface area contributed by atoms with Gasteiger partial charge in [0.2, 0.25) is 0 Å². The third-order valence-electron chi connectivity index (χ3n) is 3.33. The largest absolute Gasteiger partial charge is 0.345 e. The normalized spacial score (nSPS) is 9.91. The molecular formula is C20H16N2O. The molecule has 0 atom stereocenters. The van der Waals surface area contributed by atoms with E-state index >= 15 is 0 Å². The van der Waals surface area contributed by atoms with E-state index in [-0.39, 0.29) is 6.03 Å². The Kier molecular flexibility index (Phi) is 4.60. The lowest BCUT2D eigenvalue weighted by atomic mass is 10.0. The molecule has 0 spiro atoms. The first-order chi connectivity index (χ1) is 11.3. The first-order valence-electron chi connectivity index (χ1n) is 7.38. The molecule has 112 valence electrons. The highest BCUT2D eigenvalue weighted by Crippen LogP contribution is 2.12. The smallest absolute Gasteiger partial charge is 0.306 e. The van der Waals surface area contributed by atoms with E-state index in [9.17, 15) is 4.79 Å². The van der Waals surface area contributed by atoms with Crippen LogP contribution in [0.3, 0.4) is 0 Å². The second kappa shape index (κ2) is 7.18. The SMILES string of the molecule is O=C(N=C(c1ccccc1)c1ccccc1)Nc1ccccc1. The fraction of sp³-hybridized carbons (Fsp3) is 0. The molecule has 3 nitrogen and oxygen atoms in total. The maximum Gasteiger partial charge on any atom is 0.345 e. The van der Waals surface area contributed by atoms with Gasteiger partial charge in [0, 0.05) is 16.8 Å². The molecule has 0 saturated heterocycles. The maximum absolute atomic E-state index is 12.3. The summed E-state index contributed by atoms with van der Waals surface area (Å²) in [5, 5.41) is 2.79. The van der Waals surface area contributed by atoms with Crippen LogP contribution in [0.25, 0.3) is 0 Å². The van der Waals surface area contributed by atoms with Gasteiger partial charge in [-0.3, -0.25) is 0 Å². The van der Waals surface area contributed by atoms with E-state index in [2.05, 4.69) is 10.3 Å². The topological polar surface area (TPSA) is 41.5 Å². The quantitative estimate of drug-likeness (QED) is 0.696. The number of benzene rings is 3. The van der Waals surface area contributed by atoms with Crippen LogP contribution in [-0.4, -0.2) is 11.7 Å². The number of hydrogen-bond acceptors (Lipinski definition) is 1. The highest BCUT2D eigenvalue weighted by atomic mass is 16.2. The molecule has 23 heavy (non-hydrogen) atoms. The Balaban J connectivity index is 1.93. The first-order valence-corrected chi connectivity index (χ1v) is 7.38. The van der Waals surface area contributed by atoms with Gasteiger partial charge in [0.15, 0.2) is 0 Å². The van der Waals surface area contributed by atoms with Crippen molar-refractivity contribution in [3.05, 3.63) is 102 Å². The predicted molar refractivity (Wildman–Crippen MR) is 94.0 cm³/mol. The van der Waals surface area contributed by atoms with Crippen molar-refractivity contribution in [2.24, 2.45) is 4.99 Å². The van der Waals surface area contributed by atoms with Crippen LogP contribution >= 0.6 is 0 Å². The van der Waals surface area contributed by atoms with E-state index in [1.54, 1.807) is 0 Å². The van der Waals surface area contributed by atoms with E-state index in [1.165, 1.54) is 0 Å². The van der Waals surface area contributed by atoms with Crippen molar-refractivity contribution in [3.8, 4) is 0 Å². The molecule has 3 aromatic carbocycles. The summed E-state index contributed by atoms with van der Waals surface area (Å²) in [7, 11) is 0. The molecule has 0 aliphatic carbocycles. The molecule has 0 heterocycles. The molecule has 0 aromatic heterocycles. The number of rotatable bonds is 3. The van der Waals surface area contributed by atoms with Crippen LogP contribution in [0.4, 0.5) is 10.5 Å². The van der Waals surface area contributed by atoms with E-state index in [4.69, 9.17) is 0 Å². The van der Waals surface area contributed by atoms with Crippen LogP contribution in [0.15, 0.2) is 96.0 Å². The molecule has 3 aromatic rings. The summed E-state index contributed by atoms with van der Waals surface area (Å²) in [6, 6.07) is 28.3. The second-order valence-corrected chi connectivity index (χ2v) is 4.99. The number of carbonyl (C=O) groups is 1. The van der Waals surface area contributed by atoms with E-state index in [1.807, 2.05) is 91.0 Å². The molecule has 0 aliphatic heterocycles. The lowest BCUT2D eigenvalue weighted by Gasteiger charge is -2.08. The van der Waals surface area contributed by atoms with Gasteiger partial charge in [-0.05, 0) is 12.1 Å². The number of anilines is 1. The summed E-state index contributed by atoms with van der Waals surface area (Å²) in [5.41, 5.74) is 3.19. The zero-order valence-corrected chi connectivity index (χ0v) is 12.5. The van der Waals surface area contributed by atoms with Crippen molar-refractivity contribution in [2.45, 2.75) is 0 Å². The average molecular weight is 300 g/mol. The Labute approximate surface area is 135 Å². The van der Waals surface area contributed by atoms with Gasteiger partial charge in [0.25, 0.3) is 0 Å². The number of hydrogen-bond donors (Lipinski definition) is 1. The summed E-state index contributed by atoms with van der Waals surface area (Å²) in [5.74, 6) is 0. The Morgan fingerprint density at radius 3 is 1.57 bits per heavy atom. The van der Waals surface area contributed by atoms with Crippen molar-refractivity contribution in [2.75, 3.05) is 5.32 Å². The third-order valence-corrected chi connectivity index (χ3v) is 3.33. The van der Waals surface area contributed by atoms with Crippen LogP contribution in [0, 0.1) is 0 Å². The van der Waals surface area contributed by atoms with E-state index in [0.717, 1.165) is 16.8 Å². The zero-order chi connectivity index (χ0) is 15.9. The molecule has 0 bridgehead atoms. The summed E-state index contributed by atoms with van der Waals surface area (Å²) in [6.45, 7) is 0. The monoisotopic (exact) mass is 300 g/mol. The number of amides is 2. The number of urea groups is 1. The van der Waals surface area contributed by atoms with Gasteiger partial charge in [-0.2, -0.15) is 4.99 Å². The van der Waals surface area contributed by atoms with Crippen LogP contribution < -0.4 is 5.32 Å². The van der Waals surface area contributed by atoms with E-state index in [0.29, 0.717) is 5.71 Å². The molecule has 0 aliphatic rings. The number of aliphatic imine (C=N–C) groups is 1. The minimum atomic E-state index is -0.390. The average Bonchev–Trinajstić information content (AvgIpc) is 2.62. The molecule has 0 fully saturated rings. The van der Waals surface area contributed by atoms with Crippen LogP contribution in [-0.2, 0) is 0 Å². The molecule has 2 amide bonds. The van der Waals surface area contributed by atoms with Crippen molar-refractivity contribution in [3.63, 3.8) is 0 Å². The molecule has 1 N–H and O–H groups in total. The van der Waals surface area contributed by atoms with Crippen molar-refractivity contribution >= 4 is 17.4 Å². The Bertz CT molecular complexity index is 755. The predicted octanol–water partition coefficient (Wildman–Crippen LogP) is 4.76. The Morgan fingerprint density at radius 2 is 1.09 bits per heavy atom. The molecule has 3 heteroatoms. The van der Waals surface area contributed by atoms with Crippen molar-refractivity contribution in [1.82, 2.24) is 0 Å². The van der Waals surface area contributed by atoms with Gasteiger partial charge in [-0.1, -0.05) is 78.9 Å². The van der Waals surface area contributed by atoms with Crippen molar-refractivity contribution < 1.29 is 4.79 Å². The molecule has 0 saturated carbocycles. The van der Waals surface area contributed by atoms with Crippen LogP contribution in [0.5, 0.6) is 0 Å². The van der Waals surface area contributed by atoms with Gasteiger partial charge in [0.05, 0.1) is 5.71 Å². The lowest BCUT2D eigenvalue weighted by Crippen LogP contribution is -2.12. The third kappa shape index (κ3) is 3.92. The van der Waals surface area contributed by atoms with Gasteiger partial charge in [-0.25, -0.2) is 4.79 Å². The number of nitrogens with zero attached hydrogens (tertiary/aromatic N) is 1. The lowest BCUT2D eigenvalue weighted by molar-refractivity contribution is 0.259. The fourth-order valence-electron chi connectivity index (χ4n) is 2.26. The zero-order valence-electron chi connectivity index (χ0n) is 12.5. The number of carbonyl (C=O) groups excluding carboxylic acids is 1. The summed E-state index contributed by atoms with van der Waals surface area (Å²) >= 11 is 0. The second-order valence-electron chi connectivity index (χ2n) is 4.99. The van der Waals surface area contributed by atoms with Gasteiger partial charge >= 0.3 is 6.03 Å². The summed E-state index contributed by atoms with van der Waals surface area (Å²) in [6.07, 6.45) is 0. The van der Waals surface area contributed by atoms with E-state index < -0.39 is 0 Å². The number of para-hydroxylation sites is 1. The van der Waals surface area contributed by atoms with Crippen LogP contribution in [0.2, 0.25) is 0 Å². The Morgan fingerprint density at radius 1 is 0.652 bits per heavy atom. The Hall–Kier alpha value is -3.20. The van der Waals surface area contributed by atoms with Gasteiger partial charge in [0.1, 0.15) is 0 Å². The van der Waals surface area contributed by atoms with Gasteiger partial charge in [-0.15, -0.1) is 0 Å². The molecular weight excluding hydrogens is 284 g/mol. The molecule has 0 unspecified atom stereocenters. The first kappa shape index (κ1) is 14.7. The van der Waals surface area contributed by atoms with Crippen molar-refractivity contribution in [1.29, 1.82) is 0 Å². The summed E-state index contributed by atoms with van der Waals surface area (Å²) in [4.78, 5) is 16.5. The standard InChI is InChI=1S/C20H16N2O/c23-20(21-18-14-8-3-9-15-18)22-19(16-10-4-1-5-11-16)17-12-6-2-7-13-17/h1-15H,(H,21,23). The van der Waals surface area contributed by atoms with Gasteiger partial charge < -0.3 is 5.32 Å². The molecule has 3 rings (SSSR count). The highest BCUT2D eigenvalue weighted by Gasteiger charge is 2.09.